The molecular formula is C26H31N3O2S. The van der Waals surface area contributed by atoms with Gasteiger partial charge in [0.2, 0.25) is 11.8 Å². The fourth-order valence-electron chi connectivity index (χ4n) is 4.22. The molecule has 3 aromatic rings. The van der Waals surface area contributed by atoms with Crippen molar-refractivity contribution in [1.82, 2.24) is 9.88 Å². The van der Waals surface area contributed by atoms with Crippen LogP contribution in [0.5, 0.6) is 0 Å². The molecule has 0 atom stereocenters. The van der Waals surface area contributed by atoms with Gasteiger partial charge in [0.05, 0.1) is 11.4 Å². The molecule has 168 valence electrons. The van der Waals surface area contributed by atoms with Crippen molar-refractivity contribution >= 4 is 23.4 Å². The molecule has 32 heavy (non-hydrogen) atoms. The number of benzene rings is 2. The highest BCUT2D eigenvalue weighted by Gasteiger charge is 2.19. The third kappa shape index (κ3) is 6.24. The van der Waals surface area contributed by atoms with Crippen molar-refractivity contribution in [1.29, 1.82) is 0 Å². The van der Waals surface area contributed by atoms with E-state index in [1.807, 2.05) is 48.5 Å². The van der Waals surface area contributed by atoms with Crippen LogP contribution in [0, 0.1) is 0 Å². The summed E-state index contributed by atoms with van der Waals surface area (Å²) in [4.78, 5) is 19.5. The second kappa shape index (κ2) is 11.3. The largest absolute Gasteiger partial charge is 0.444 e. The number of oxazole rings is 1. The van der Waals surface area contributed by atoms with E-state index in [2.05, 4.69) is 28.3 Å². The Labute approximate surface area is 194 Å². The van der Waals surface area contributed by atoms with Crippen molar-refractivity contribution in [2.75, 3.05) is 18.1 Å². The molecule has 4 rings (SSSR count). The Morgan fingerprint density at radius 1 is 1.09 bits per heavy atom. The molecule has 1 N–H and O–H groups in total. The number of amides is 1. The topological polar surface area (TPSA) is 58.4 Å². The number of hydrogen-bond donors (Lipinski definition) is 1. The van der Waals surface area contributed by atoms with Crippen molar-refractivity contribution in [3.8, 4) is 11.5 Å². The molecule has 1 fully saturated rings. The summed E-state index contributed by atoms with van der Waals surface area (Å²) in [5.74, 6) is 1.63. The molecule has 1 aromatic heterocycles. The van der Waals surface area contributed by atoms with Crippen LogP contribution in [-0.2, 0) is 17.1 Å². The van der Waals surface area contributed by atoms with Crippen LogP contribution < -0.4 is 5.32 Å². The first-order valence-electron chi connectivity index (χ1n) is 11.3. The molecule has 1 heterocycles. The third-order valence-electron chi connectivity index (χ3n) is 5.96. The van der Waals surface area contributed by atoms with E-state index in [0.29, 0.717) is 23.4 Å². The summed E-state index contributed by atoms with van der Waals surface area (Å²) in [7, 11) is 2.20. The number of aromatic nitrogens is 1. The Bertz CT molecular complexity index is 999. The Kier molecular flexibility index (Phi) is 8.02. The summed E-state index contributed by atoms with van der Waals surface area (Å²) in [5.41, 5.74) is 3.88. The van der Waals surface area contributed by atoms with Gasteiger partial charge >= 0.3 is 0 Å². The number of nitrogens with zero attached hydrogens (tertiary/aromatic N) is 2. The smallest absolute Gasteiger partial charge is 0.234 e. The van der Waals surface area contributed by atoms with E-state index in [1.54, 1.807) is 6.26 Å². The molecule has 1 aliphatic rings. The van der Waals surface area contributed by atoms with Crippen LogP contribution in [0.15, 0.2) is 65.3 Å². The van der Waals surface area contributed by atoms with Crippen molar-refractivity contribution in [2.24, 2.45) is 0 Å². The molecular weight excluding hydrogens is 418 g/mol. The van der Waals surface area contributed by atoms with Crippen LogP contribution >= 0.6 is 11.8 Å². The number of thioether (sulfide) groups is 1. The monoisotopic (exact) mass is 449 g/mol. The predicted molar refractivity (Wildman–Crippen MR) is 132 cm³/mol. The molecule has 5 nitrogen and oxygen atoms in total. The van der Waals surface area contributed by atoms with Gasteiger partial charge in [-0.1, -0.05) is 55.7 Å². The molecule has 1 amide bonds. The lowest BCUT2D eigenvalue weighted by Crippen LogP contribution is -2.33. The van der Waals surface area contributed by atoms with Crippen LogP contribution in [0.2, 0.25) is 0 Å². The van der Waals surface area contributed by atoms with E-state index in [1.165, 1.54) is 49.4 Å². The van der Waals surface area contributed by atoms with Crippen LogP contribution in [0.25, 0.3) is 11.5 Å². The standard InChI is InChI=1S/C26H31N3O2S/c1-29(23-13-6-3-7-14-23)16-21-12-8-9-15-24(21)28-25(30)19-32-18-22-17-31-26(27-22)20-10-4-2-5-11-20/h2,4-5,8-12,15,17,23H,3,6-7,13-14,16,18-19H2,1H3,(H,28,30). The normalized spacial score (nSPS) is 14.6. The van der Waals surface area contributed by atoms with Crippen molar-refractivity contribution in [2.45, 2.75) is 50.4 Å². The highest BCUT2D eigenvalue weighted by molar-refractivity contribution is 7.99. The minimum Gasteiger partial charge on any atom is -0.444 e. The summed E-state index contributed by atoms with van der Waals surface area (Å²) in [6.45, 7) is 0.857. The van der Waals surface area contributed by atoms with E-state index < -0.39 is 0 Å². The fraction of sp³-hybridized carbons (Fsp3) is 0.385. The zero-order valence-corrected chi connectivity index (χ0v) is 19.4. The zero-order valence-electron chi connectivity index (χ0n) is 18.6. The fourth-order valence-corrected chi connectivity index (χ4v) is 4.92. The Morgan fingerprint density at radius 2 is 1.84 bits per heavy atom. The van der Waals surface area contributed by atoms with Crippen molar-refractivity contribution < 1.29 is 9.21 Å². The number of carbonyl (C=O) groups excluding carboxylic acids is 1. The minimum absolute atomic E-state index is 0.00884. The molecule has 0 bridgehead atoms. The van der Waals surface area contributed by atoms with E-state index in [-0.39, 0.29) is 5.91 Å². The molecule has 0 radical (unpaired) electrons. The molecule has 0 spiro atoms. The second-order valence-electron chi connectivity index (χ2n) is 8.42. The molecule has 1 aliphatic carbocycles. The molecule has 0 unspecified atom stereocenters. The van der Waals surface area contributed by atoms with Gasteiger partial charge in [-0.05, 0) is 43.7 Å². The average molecular weight is 450 g/mol. The van der Waals surface area contributed by atoms with Crippen LogP contribution in [0.1, 0.15) is 43.4 Å². The van der Waals surface area contributed by atoms with E-state index >= 15 is 0 Å². The molecule has 2 aromatic carbocycles. The van der Waals surface area contributed by atoms with Crippen LogP contribution in [0.3, 0.4) is 0 Å². The summed E-state index contributed by atoms with van der Waals surface area (Å²) in [6.07, 6.45) is 8.22. The summed E-state index contributed by atoms with van der Waals surface area (Å²) < 4.78 is 5.58. The van der Waals surface area contributed by atoms with Crippen molar-refractivity contribution in [3.63, 3.8) is 0 Å². The molecule has 1 saturated carbocycles. The van der Waals surface area contributed by atoms with Gasteiger partial charge in [0.15, 0.2) is 0 Å². The summed E-state index contributed by atoms with van der Waals surface area (Å²) in [5, 5.41) is 3.11. The maximum absolute atomic E-state index is 12.6. The van der Waals surface area contributed by atoms with Crippen LogP contribution in [-0.4, -0.2) is 34.6 Å². The van der Waals surface area contributed by atoms with E-state index in [0.717, 1.165) is 23.5 Å². The van der Waals surface area contributed by atoms with Gasteiger partial charge in [0.1, 0.15) is 6.26 Å². The highest BCUT2D eigenvalue weighted by atomic mass is 32.2. The van der Waals surface area contributed by atoms with Gasteiger partial charge in [0, 0.05) is 29.6 Å². The first-order valence-corrected chi connectivity index (χ1v) is 12.5. The third-order valence-corrected chi connectivity index (χ3v) is 6.93. The number of nitrogens with one attached hydrogen (secondary N) is 1. The molecule has 0 aliphatic heterocycles. The number of anilines is 1. The van der Waals surface area contributed by atoms with Gasteiger partial charge in [-0.2, -0.15) is 0 Å². The molecule has 6 heteroatoms. The number of carbonyl (C=O) groups is 1. The molecule has 0 saturated heterocycles. The number of rotatable bonds is 9. The highest BCUT2D eigenvalue weighted by Crippen LogP contribution is 2.25. The summed E-state index contributed by atoms with van der Waals surface area (Å²) >= 11 is 1.54. The maximum atomic E-state index is 12.6. The zero-order chi connectivity index (χ0) is 22.2. The van der Waals surface area contributed by atoms with Gasteiger partial charge in [-0.25, -0.2) is 4.98 Å². The lowest BCUT2D eigenvalue weighted by molar-refractivity contribution is -0.113. The Hall–Kier alpha value is -2.57. The number of para-hydroxylation sites is 1. The summed E-state index contributed by atoms with van der Waals surface area (Å²) in [6, 6.07) is 18.6. The van der Waals surface area contributed by atoms with Crippen LogP contribution in [0.4, 0.5) is 5.69 Å². The second-order valence-corrected chi connectivity index (χ2v) is 9.40. The van der Waals surface area contributed by atoms with Gasteiger partial charge in [-0.3, -0.25) is 9.69 Å². The minimum atomic E-state index is 0.00884. The maximum Gasteiger partial charge on any atom is 0.234 e. The van der Waals surface area contributed by atoms with Gasteiger partial charge < -0.3 is 9.73 Å². The quantitative estimate of drug-likeness (QED) is 0.436. The Balaban J connectivity index is 1.27. The lowest BCUT2D eigenvalue weighted by Gasteiger charge is -2.31. The van der Waals surface area contributed by atoms with Gasteiger partial charge in [0.25, 0.3) is 0 Å². The van der Waals surface area contributed by atoms with Gasteiger partial charge in [-0.15, -0.1) is 11.8 Å². The predicted octanol–water partition coefficient (Wildman–Crippen LogP) is 5.98. The first-order chi connectivity index (χ1) is 15.7. The van der Waals surface area contributed by atoms with Crippen molar-refractivity contribution in [3.05, 3.63) is 72.1 Å². The Morgan fingerprint density at radius 3 is 2.66 bits per heavy atom. The van der Waals surface area contributed by atoms with E-state index in [9.17, 15) is 4.79 Å². The van der Waals surface area contributed by atoms with E-state index in [4.69, 9.17) is 4.42 Å². The lowest BCUT2D eigenvalue weighted by atomic mass is 9.94. The first kappa shape index (κ1) is 22.6. The average Bonchev–Trinajstić information content (AvgIpc) is 3.30. The number of hydrogen-bond acceptors (Lipinski definition) is 5. The SMILES string of the molecule is CN(Cc1ccccc1NC(=O)CSCc1coc(-c2ccccc2)n1)C1CCCCC1.